The Morgan fingerprint density at radius 1 is 1.44 bits per heavy atom. The Labute approximate surface area is 136 Å². The minimum absolute atomic E-state index is 0.0197. The van der Waals surface area contributed by atoms with Crippen LogP contribution in [0.25, 0.3) is 0 Å². The maximum absolute atomic E-state index is 13.1. The summed E-state index contributed by atoms with van der Waals surface area (Å²) in [4.78, 5) is 1.10. The van der Waals surface area contributed by atoms with Crippen LogP contribution in [-0.2, 0) is 0 Å². The zero-order valence-electron chi connectivity index (χ0n) is 9.31. The standard InChI is InChI=1S/C12H9BrClFINS/c1-17-11(10-5-8(13)12(14)18-10)7-3-2-6(15)4-9(7)16/h2-5,11,17H,1H3. The summed E-state index contributed by atoms with van der Waals surface area (Å²) >= 11 is 13.1. The van der Waals surface area contributed by atoms with Crippen LogP contribution >= 0.6 is 61.5 Å². The fraction of sp³-hybridized carbons (Fsp3) is 0.167. The van der Waals surface area contributed by atoms with Gasteiger partial charge in [0.2, 0.25) is 0 Å². The van der Waals surface area contributed by atoms with Crippen LogP contribution in [0, 0.1) is 9.39 Å². The van der Waals surface area contributed by atoms with Crippen LogP contribution in [0.15, 0.2) is 28.7 Å². The van der Waals surface area contributed by atoms with E-state index in [1.54, 1.807) is 6.07 Å². The summed E-state index contributed by atoms with van der Waals surface area (Å²) in [6, 6.07) is 6.83. The van der Waals surface area contributed by atoms with E-state index >= 15 is 0 Å². The van der Waals surface area contributed by atoms with Gasteiger partial charge < -0.3 is 5.32 Å². The highest BCUT2D eigenvalue weighted by atomic mass is 127. The summed E-state index contributed by atoms with van der Waals surface area (Å²) < 4.78 is 15.6. The van der Waals surface area contributed by atoms with Crippen molar-refractivity contribution >= 4 is 61.5 Å². The molecular weight excluding hydrogens is 451 g/mol. The Balaban J connectivity index is 2.45. The van der Waals surface area contributed by atoms with E-state index in [9.17, 15) is 4.39 Å². The Hall–Kier alpha value is 0.310. The molecule has 1 atom stereocenters. The molecule has 18 heavy (non-hydrogen) atoms. The molecule has 0 spiro atoms. The molecule has 1 unspecified atom stereocenters. The molecule has 0 radical (unpaired) electrons. The molecule has 0 saturated carbocycles. The Bertz CT molecular complexity index is 556. The van der Waals surface area contributed by atoms with E-state index in [2.05, 4.69) is 43.8 Å². The fourth-order valence-corrected chi connectivity index (χ4v) is 4.35. The first-order chi connectivity index (χ1) is 8.52. The van der Waals surface area contributed by atoms with E-state index < -0.39 is 0 Å². The zero-order chi connectivity index (χ0) is 13.3. The summed E-state index contributed by atoms with van der Waals surface area (Å²) in [6.07, 6.45) is 0. The number of thiophene rings is 1. The molecule has 0 bridgehead atoms. The van der Waals surface area contributed by atoms with Crippen molar-refractivity contribution in [1.29, 1.82) is 0 Å². The second-order valence-electron chi connectivity index (χ2n) is 3.66. The minimum Gasteiger partial charge on any atom is -0.309 e. The lowest BCUT2D eigenvalue weighted by molar-refractivity contribution is 0.622. The van der Waals surface area contributed by atoms with Crippen molar-refractivity contribution in [3.8, 4) is 0 Å². The molecule has 1 aromatic carbocycles. The SMILES string of the molecule is CNC(c1cc(Br)c(Cl)s1)c1ccc(F)cc1I. The number of hydrogen-bond acceptors (Lipinski definition) is 2. The minimum atomic E-state index is -0.219. The third-order valence-electron chi connectivity index (χ3n) is 2.51. The third kappa shape index (κ3) is 3.07. The maximum Gasteiger partial charge on any atom is 0.124 e. The number of hydrogen-bond donors (Lipinski definition) is 1. The second kappa shape index (κ2) is 6.17. The van der Waals surface area contributed by atoms with Gasteiger partial charge in [0.25, 0.3) is 0 Å². The summed E-state index contributed by atoms with van der Waals surface area (Å²) in [5.74, 6) is -0.219. The molecule has 1 heterocycles. The molecule has 0 aliphatic carbocycles. The third-order valence-corrected chi connectivity index (χ3v) is 5.98. The van der Waals surface area contributed by atoms with Crippen molar-refractivity contribution in [3.05, 3.63) is 52.9 Å². The molecule has 0 aliphatic heterocycles. The first-order valence-electron chi connectivity index (χ1n) is 5.10. The van der Waals surface area contributed by atoms with Crippen LogP contribution < -0.4 is 5.32 Å². The monoisotopic (exact) mass is 459 g/mol. The summed E-state index contributed by atoms with van der Waals surface area (Å²) in [7, 11) is 1.88. The molecule has 1 N–H and O–H groups in total. The van der Waals surface area contributed by atoms with E-state index in [1.165, 1.54) is 23.5 Å². The predicted octanol–water partition coefficient (Wildman–Crippen LogP) is 5.22. The van der Waals surface area contributed by atoms with Crippen LogP contribution in [0.2, 0.25) is 4.34 Å². The molecule has 0 fully saturated rings. The van der Waals surface area contributed by atoms with Crippen molar-refractivity contribution in [2.24, 2.45) is 0 Å². The van der Waals surface area contributed by atoms with Gasteiger partial charge in [0.1, 0.15) is 10.2 Å². The lowest BCUT2D eigenvalue weighted by Gasteiger charge is -2.16. The highest BCUT2D eigenvalue weighted by molar-refractivity contribution is 14.1. The van der Waals surface area contributed by atoms with Gasteiger partial charge in [-0.2, -0.15) is 0 Å². The molecule has 0 aliphatic rings. The molecular formula is C12H9BrClFINS. The van der Waals surface area contributed by atoms with E-state index in [1.807, 2.05) is 13.1 Å². The summed E-state index contributed by atoms with van der Waals surface area (Å²) in [6.45, 7) is 0. The van der Waals surface area contributed by atoms with E-state index in [-0.39, 0.29) is 11.9 Å². The van der Waals surface area contributed by atoms with Gasteiger partial charge in [-0.25, -0.2) is 4.39 Å². The van der Waals surface area contributed by atoms with Crippen LogP contribution in [0.1, 0.15) is 16.5 Å². The molecule has 2 rings (SSSR count). The fourth-order valence-electron chi connectivity index (χ4n) is 1.69. The molecule has 2 aromatic rings. The highest BCUT2D eigenvalue weighted by Crippen LogP contribution is 2.38. The number of benzene rings is 1. The van der Waals surface area contributed by atoms with Gasteiger partial charge >= 0.3 is 0 Å². The van der Waals surface area contributed by atoms with Gasteiger partial charge in [0, 0.05) is 12.9 Å². The molecule has 1 aromatic heterocycles. The van der Waals surface area contributed by atoms with Crippen LogP contribution in [-0.4, -0.2) is 7.05 Å². The van der Waals surface area contributed by atoms with Gasteiger partial charge in [0.05, 0.1) is 6.04 Å². The van der Waals surface area contributed by atoms with E-state index in [0.717, 1.165) is 22.8 Å². The van der Waals surface area contributed by atoms with Crippen LogP contribution in [0.3, 0.4) is 0 Å². The average molecular weight is 461 g/mol. The van der Waals surface area contributed by atoms with Crippen molar-refractivity contribution in [2.45, 2.75) is 6.04 Å². The van der Waals surface area contributed by atoms with E-state index in [0.29, 0.717) is 0 Å². The normalized spacial score (nSPS) is 12.7. The first kappa shape index (κ1) is 14.7. The molecule has 6 heteroatoms. The topological polar surface area (TPSA) is 12.0 Å². The van der Waals surface area contributed by atoms with Gasteiger partial charge in [0.15, 0.2) is 0 Å². The summed E-state index contributed by atoms with van der Waals surface area (Å²) in [5.41, 5.74) is 1.05. The van der Waals surface area contributed by atoms with Crippen LogP contribution in [0.4, 0.5) is 4.39 Å². The van der Waals surface area contributed by atoms with Crippen molar-refractivity contribution < 1.29 is 4.39 Å². The van der Waals surface area contributed by atoms with Gasteiger partial charge in [-0.05, 0) is 69.3 Å². The largest absolute Gasteiger partial charge is 0.309 e. The maximum atomic E-state index is 13.1. The van der Waals surface area contributed by atoms with Crippen molar-refractivity contribution in [3.63, 3.8) is 0 Å². The Kier molecular flexibility index (Phi) is 5.05. The average Bonchev–Trinajstić information content (AvgIpc) is 2.63. The van der Waals surface area contributed by atoms with Gasteiger partial charge in [-0.3, -0.25) is 0 Å². The van der Waals surface area contributed by atoms with E-state index in [4.69, 9.17) is 11.6 Å². The predicted molar refractivity (Wildman–Crippen MR) is 87.0 cm³/mol. The second-order valence-corrected chi connectivity index (χ2v) is 7.36. The zero-order valence-corrected chi connectivity index (χ0v) is 14.6. The van der Waals surface area contributed by atoms with Gasteiger partial charge in [-0.15, -0.1) is 11.3 Å². The molecule has 96 valence electrons. The number of halogens is 4. The lowest BCUT2D eigenvalue weighted by Crippen LogP contribution is -2.17. The Morgan fingerprint density at radius 2 is 2.17 bits per heavy atom. The Morgan fingerprint density at radius 3 is 2.67 bits per heavy atom. The molecule has 0 saturated heterocycles. The van der Waals surface area contributed by atoms with Gasteiger partial charge in [-0.1, -0.05) is 17.7 Å². The smallest absolute Gasteiger partial charge is 0.124 e. The van der Waals surface area contributed by atoms with Crippen LogP contribution in [0.5, 0.6) is 0 Å². The number of rotatable bonds is 3. The molecule has 0 amide bonds. The lowest BCUT2D eigenvalue weighted by atomic mass is 10.1. The van der Waals surface area contributed by atoms with Crippen molar-refractivity contribution in [1.82, 2.24) is 5.32 Å². The van der Waals surface area contributed by atoms with Crippen molar-refractivity contribution in [2.75, 3.05) is 7.05 Å². The molecule has 1 nitrogen and oxygen atoms in total. The first-order valence-corrected chi connectivity index (χ1v) is 8.16. The summed E-state index contributed by atoms with van der Waals surface area (Å²) in [5, 5.41) is 3.24. The quantitative estimate of drug-likeness (QED) is 0.620. The highest BCUT2D eigenvalue weighted by Gasteiger charge is 2.18. The number of nitrogens with one attached hydrogen (secondary N) is 1.